The lowest BCUT2D eigenvalue weighted by atomic mass is 9.88. The van der Waals surface area contributed by atoms with Crippen molar-refractivity contribution in [2.24, 2.45) is 5.73 Å². The molecule has 2 N–H and O–H groups in total. The van der Waals surface area contributed by atoms with Gasteiger partial charge in [-0.3, -0.25) is 9.36 Å². The summed E-state index contributed by atoms with van der Waals surface area (Å²) in [6.07, 6.45) is 1.75. The summed E-state index contributed by atoms with van der Waals surface area (Å²) in [5.74, 6) is -2.14. The van der Waals surface area contributed by atoms with Crippen LogP contribution in [0.1, 0.15) is 22.6 Å². The van der Waals surface area contributed by atoms with E-state index in [9.17, 15) is 14.4 Å². The van der Waals surface area contributed by atoms with Gasteiger partial charge in [0.2, 0.25) is 0 Å². The molecule has 0 fully saturated rings. The number of fused-ring (bicyclic) bond motifs is 1. The molecular formula is C21H18N2O5S3. The van der Waals surface area contributed by atoms with Crippen LogP contribution in [-0.4, -0.2) is 30.2 Å². The van der Waals surface area contributed by atoms with Gasteiger partial charge in [0.15, 0.2) is 0 Å². The van der Waals surface area contributed by atoms with E-state index in [1.807, 2.05) is 35.0 Å². The Morgan fingerprint density at radius 3 is 2.52 bits per heavy atom. The van der Waals surface area contributed by atoms with E-state index in [4.69, 9.17) is 15.2 Å². The van der Waals surface area contributed by atoms with E-state index < -0.39 is 23.4 Å². The minimum Gasteiger partial charge on any atom is -0.466 e. The van der Waals surface area contributed by atoms with Gasteiger partial charge >= 0.3 is 11.9 Å². The SMILES string of the molecule is CCOC(=O)C1=C(N)n2c(s/c(=C/c3cccs3)c2=O)=C(C(=O)OC)C1c1cccs1. The highest BCUT2D eigenvalue weighted by Gasteiger charge is 2.40. The number of rotatable bonds is 5. The van der Waals surface area contributed by atoms with Crippen LogP contribution in [0.25, 0.3) is 17.5 Å². The molecule has 0 saturated carbocycles. The smallest absolute Gasteiger partial charge is 0.338 e. The lowest BCUT2D eigenvalue weighted by Gasteiger charge is -2.25. The van der Waals surface area contributed by atoms with E-state index in [1.165, 1.54) is 34.4 Å². The summed E-state index contributed by atoms with van der Waals surface area (Å²) in [5.41, 5.74) is 6.23. The molecule has 7 nitrogen and oxygen atoms in total. The maximum atomic E-state index is 13.2. The molecule has 0 amide bonds. The summed E-state index contributed by atoms with van der Waals surface area (Å²) in [7, 11) is 1.27. The number of ether oxygens (including phenoxy) is 2. The van der Waals surface area contributed by atoms with Gasteiger partial charge in [0.05, 0.1) is 35.3 Å². The highest BCUT2D eigenvalue weighted by atomic mass is 32.1. The second-order valence-electron chi connectivity index (χ2n) is 6.44. The van der Waals surface area contributed by atoms with E-state index in [0.717, 1.165) is 21.1 Å². The zero-order valence-electron chi connectivity index (χ0n) is 16.6. The fraction of sp³-hybridized carbons (Fsp3) is 0.190. The number of carbonyl (C=O) groups excluding carboxylic acids is 2. The molecule has 4 rings (SSSR count). The first-order valence-corrected chi connectivity index (χ1v) is 11.9. The molecule has 3 aromatic rings. The monoisotopic (exact) mass is 474 g/mol. The second-order valence-corrected chi connectivity index (χ2v) is 9.43. The number of methoxy groups -OCH3 is 1. The third kappa shape index (κ3) is 3.67. The molecule has 1 unspecified atom stereocenters. The maximum absolute atomic E-state index is 13.2. The van der Waals surface area contributed by atoms with Crippen LogP contribution in [0, 0.1) is 0 Å². The van der Waals surface area contributed by atoms with Crippen molar-refractivity contribution in [3.05, 3.63) is 69.9 Å². The first-order chi connectivity index (χ1) is 15.0. The number of carbonyl (C=O) groups is 2. The van der Waals surface area contributed by atoms with Gasteiger partial charge in [-0.25, -0.2) is 9.59 Å². The van der Waals surface area contributed by atoms with E-state index in [2.05, 4.69) is 0 Å². The molecule has 0 radical (unpaired) electrons. The summed E-state index contributed by atoms with van der Waals surface area (Å²) < 4.78 is 12.2. The molecule has 0 aromatic carbocycles. The molecule has 1 aliphatic heterocycles. The molecule has 1 atom stereocenters. The van der Waals surface area contributed by atoms with Crippen LogP contribution >= 0.6 is 34.0 Å². The first kappa shape index (κ1) is 21.3. The van der Waals surface area contributed by atoms with Crippen LogP contribution in [0.2, 0.25) is 0 Å². The van der Waals surface area contributed by atoms with Gasteiger partial charge in [0.25, 0.3) is 5.56 Å². The molecule has 1 aliphatic rings. The minimum atomic E-state index is -0.792. The number of aromatic nitrogens is 1. The Morgan fingerprint density at radius 1 is 1.16 bits per heavy atom. The molecule has 0 bridgehead atoms. The third-order valence-electron chi connectivity index (χ3n) is 4.69. The van der Waals surface area contributed by atoms with Crippen molar-refractivity contribution in [2.75, 3.05) is 13.7 Å². The summed E-state index contributed by atoms with van der Waals surface area (Å²) in [6, 6.07) is 7.40. The van der Waals surface area contributed by atoms with Crippen LogP contribution in [0.15, 0.2) is 45.4 Å². The standard InChI is InChI=1S/C21H18N2O5S3/c1-3-28-21(26)15-14(12-7-5-9-30-12)16(20(25)27-2)19-23(17(15)22)18(24)13(31-19)10-11-6-4-8-29-11/h4-10,14H,3,22H2,1-2H3/b13-10+. The van der Waals surface area contributed by atoms with Crippen molar-refractivity contribution in [3.8, 4) is 0 Å². The van der Waals surface area contributed by atoms with Gasteiger partial charge in [-0.1, -0.05) is 12.1 Å². The van der Waals surface area contributed by atoms with Gasteiger partial charge < -0.3 is 15.2 Å². The molecule has 0 saturated heterocycles. The average molecular weight is 475 g/mol. The molecule has 10 heteroatoms. The maximum Gasteiger partial charge on any atom is 0.338 e. The first-order valence-electron chi connectivity index (χ1n) is 9.28. The average Bonchev–Trinajstić information content (AvgIpc) is 3.50. The second kappa shape index (κ2) is 8.66. The Hall–Kier alpha value is -2.95. The van der Waals surface area contributed by atoms with Crippen molar-refractivity contribution >= 4 is 63.4 Å². The highest BCUT2D eigenvalue weighted by Crippen LogP contribution is 2.39. The van der Waals surface area contributed by atoms with Crippen molar-refractivity contribution < 1.29 is 19.1 Å². The summed E-state index contributed by atoms with van der Waals surface area (Å²) in [5, 5.41) is 3.75. The Balaban J connectivity index is 2.12. The summed E-state index contributed by atoms with van der Waals surface area (Å²) >= 11 is 4.01. The topological polar surface area (TPSA) is 101 Å². The highest BCUT2D eigenvalue weighted by molar-refractivity contribution is 7.11. The van der Waals surface area contributed by atoms with Crippen LogP contribution < -0.4 is 20.5 Å². The normalized spacial score (nSPS) is 16.4. The van der Waals surface area contributed by atoms with Gasteiger partial charge in [-0.05, 0) is 35.9 Å². The van der Waals surface area contributed by atoms with Crippen molar-refractivity contribution in [1.82, 2.24) is 4.57 Å². The summed E-state index contributed by atoms with van der Waals surface area (Å²) in [6.45, 7) is 1.81. The van der Waals surface area contributed by atoms with E-state index in [-0.39, 0.29) is 23.6 Å². The van der Waals surface area contributed by atoms with Crippen molar-refractivity contribution in [1.29, 1.82) is 0 Å². The van der Waals surface area contributed by atoms with Crippen LogP contribution in [0.5, 0.6) is 0 Å². The third-order valence-corrected chi connectivity index (χ3v) is 7.56. The van der Waals surface area contributed by atoms with Gasteiger partial charge in [-0.2, -0.15) is 0 Å². The van der Waals surface area contributed by atoms with E-state index in [0.29, 0.717) is 9.20 Å². The van der Waals surface area contributed by atoms with Gasteiger partial charge in [-0.15, -0.1) is 34.0 Å². The fourth-order valence-corrected chi connectivity index (χ4v) is 6.14. The number of nitrogens with zero attached hydrogens (tertiary/aromatic N) is 1. The van der Waals surface area contributed by atoms with Crippen molar-refractivity contribution in [2.45, 2.75) is 12.8 Å². The Bertz CT molecular complexity index is 1340. The zero-order chi connectivity index (χ0) is 22.1. The van der Waals surface area contributed by atoms with Crippen LogP contribution in [0.4, 0.5) is 0 Å². The predicted octanol–water partition coefficient (Wildman–Crippen LogP) is 1.67. The summed E-state index contributed by atoms with van der Waals surface area (Å²) in [4.78, 5) is 40.7. The quantitative estimate of drug-likeness (QED) is 0.565. The molecular weight excluding hydrogens is 456 g/mol. The number of esters is 2. The number of hydrogen-bond acceptors (Lipinski definition) is 9. The van der Waals surface area contributed by atoms with Crippen molar-refractivity contribution in [3.63, 3.8) is 0 Å². The van der Waals surface area contributed by atoms with Crippen LogP contribution in [-0.2, 0) is 19.1 Å². The Labute approximate surface area is 189 Å². The van der Waals surface area contributed by atoms with E-state index >= 15 is 0 Å². The minimum absolute atomic E-state index is 0.0356. The lowest BCUT2D eigenvalue weighted by molar-refractivity contribution is -0.138. The number of nitrogens with two attached hydrogens (primary N) is 1. The molecule has 4 heterocycles. The molecule has 0 aliphatic carbocycles. The number of hydrogen-bond donors (Lipinski definition) is 1. The zero-order valence-corrected chi connectivity index (χ0v) is 19.1. The Morgan fingerprint density at radius 2 is 1.90 bits per heavy atom. The number of thiazole rings is 1. The molecule has 31 heavy (non-hydrogen) atoms. The lowest BCUT2D eigenvalue weighted by Crippen LogP contribution is -2.41. The molecule has 3 aromatic heterocycles. The van der Waals surface area contributed by atoms with E-state index in [1.54, 1.807) is 13.0 Å². The number of thiophene rings is 2. The fourth-order valence-electron chi connectivity index (χ4n) is 3.41. The van der Waals surface area contributed by atoms with Gasteiger partial charge in [0, 0.05) is 9.75 Å². The predicted molar refractivity (Wildman–Crippen MR) is 122 cm³/mol. The molecule has 160 valence electrons. The molecule has 0 spiro atoms. The van der Waals surface area contributed by atoms with Gasteiger partial charge in [0.1, 0.15) is 10.5 Å². The Kier molecular flexibility index (Phi) is 5.94. The largest absolute Gasteiger partial charge is 0.466 e. The van der Waals surface area contributed by atoms with Crippen LogP contribution in [0.3, 0.4) is 0 Å².